The summed E-state index contributed by atoms with van der Waals surface area (Å²) in [5, 5.41) is 25.8. The number of hydrogen-bond acceptors (Lipinski definition) is 2. The highest BCUT2D eigenvalue weighted by Gasteiger charge is 2.17. The average Bonchev–Trinajstić information content (AvgIpc) is 2.71. The number of carboxylic acid groups (broad SMARTS) is 2. The molecular formula is C24H14O4. The number of fused-ring (bicyclic) bond motifs is 7. The summed E-state index contributed by atoms with van der Waals surface area (Å²) in [5.74, 6) is -1.94. The maximum atomic E-state index is 11.8. The van der Waals surface area contributed by atoms with Crippen molar-refractivity contribution in [2.24, 2.45) is 0 Å². The molecule has 0 aliphatic rings. The molecule has 0 fully saturated rings. The van der Waals surface area contributed by atoms with Crippen LogP contribution in [-0.4, -0.2) is 22.2 Å². The molecule has 5 rings (SSSR count). The molecule has 0 heterocycles. The lowest BCUT2D eigenvalue weighted by Gasteiger charge is -2.14. The molecule has 0 bridgehead atoms. The fraction of sp³-hybridized carbons (Fsp3) is 0. The van der Waals surface area contributed by atoms with Crippen LogP contribution in [0.25, 0.3) is 43.1 Å². The Morgan fingerprint density at radius 3 is 1.25 bits per heavy atom. The van der Waals surface area contributed by atoms with Crippen molar-refractivity contribution in [1.82, 2.24) is 0 Å². The third-order valence-electron chi connectivity index (χ3n) is 5.30. The van der Waals surface area contributed by atoms with Gasteiger partial charge in [-0.1, -0.05) is 60.7 Å². The minimum Gasteiger partial charge on any atom is -0.478 e. The van der Waals surface area contributed by atoms with Gasteiger partial charge in [-0.05, 0) is 55.2 Å². The standard InChI is InChI=1S/C24H14O4/c25-23(26)19-11-13-9-10-14-12-20(24(27)28)16-6-2-4-8-18(16)22(14)21(13)17-7-3-1-5-15(17)19/h1-12H,(H,25,26)(H,27,28). The molecule has 5 aromatic carbocycles. The minimum atomic E-state index is -0.968. The number of hydrogen-bond donors (Lipinski definition) is 2. The van der Waals surface area contributed by atoms with Crippen LogP contribution < -0.4 is 0 Å². The zero-order chi connectivity index (χ0) is 19.4. The van der Waals surface area contributed by atoms with Crippen molar-refractivity contribution in [1.29, 1.82) is 0 Å². The number of carbonyl (C=O) groups is 2. The van der Waals surface area contributed by atoms with Gasteiger partial charge >= 0.3 is 11.9 Å². The second kappa shape index (κ2) is 5.79. The number of aromatic carboxylic acids is 2. The summed E-state index contributed by atoms with van der Waals surface area (Å²) in [6.45, 7) is 0. The molecule has 0 aliphatic carbocycles. The lowest BCUT2D eigenvalue weighted by Crippen LogP contribution is -2.00. The van der Waals surface area contributed by atoms with Crippen LogP contribution in [0.15, 0.2) is 72.8 Å². The Morgan fingerprint density at radius 2 is 0.893 bits per heavy atom. The van der Waals surface area contributed by atoms with E-state index in [2.05, 4.69) is 0 Å². The van der Waals surface area contributed by atoms with E-state index in [1.54, 1.807) is 12.1 Å². The van der Waals surface area contributed by atoms with Crippen LogP contribution in [0.5, 0.6) is 0 Å². The maximum absolute atomic E-state index is 11.8. The highest BCUT2D eigenvalue weighted by Crippen LogP contribution is 2.39. The summed E-state index contributed by atoms with van der Waals surface area (Å²) in [4.78, 5) is 23.6. The van der Waals surface area contributed by atoms with Gasteiger partial charge in [-0.2, -0.15) is 0 Å². The van der Waals surface area contributed by atoms with Gasteiger partial charge in [0.25, 0.3) is 0 Å². The fourth-order valence-corrected chi connectivity index (χ4v) is 4.15. The monoisotopic (exact) mass is 366 g/mol. The van der Waals surface area contributed by atoms with E-state index in [1.807, 2.05) is 60.7 Å². The van der Waals surface area contributed by atoms with Crippen LogP contribution in [0.2, 0.25) is 0 Å². The van der Waals surface area contributed by atoms with Crippen LogP contribution in [-0.2, 0) is 0 Å². The lowest BCUT2D eigenvalue weighted by molar-refractivity contribution is 0.0688. The van der Waals surface area contributed by atoms with Gasteiger partial charge in [-0.15, -0.1) is 0 Å². The molecule has 134 valence electrons. The van der Waals surface area contributed by atoms with Gasteiger partial charge in [0.2, 0.25) is 0 Å². The van der Waals surface area contributed by atoms with Gasteiger partial charge in [0, 0.05) is 0 Å². The Morgan fingerprint density at radius 1 is 0.536 bits per heavy atom. The van der Waals surface area contributed by atoms with E-state index in [0.717, 1.165) is 32.3 Å². The van der Waals surface area contributed by atoms with Crippen LogP contribution in [0, 0.1) is 0 Å². The van der Waals surface area contributed by atoms with E-state index in [1.165, 1.54) is 0 Å². The molecule has 28 heavy (non-hydrogen) atoms. The normalized spacial score (nSPS) is 11.4. The number of carboxylic acids is 2. The van der Waals surface area contributed by atoms with Crippen molar-refractivity contribution in [2.45, 2.75) is 0 Å². The first kappa shape index (κ1) is 16.3. The molecule has 0 radical (unpaired) electrons. The Bertz CT molecular complexity index is 1350. The maximum Gasteiger partial charge on any atom is 0.336 e. The zero-order valence-electron chi connectivity index (χ0n) is 14.6. The van der Waals surface area contributed by atoms with Gasteiger partial charge in [0.05, 0.1) is 11.1 Å². The largest absolute Gasteiger partial charge is 0.478 e. The first-order chi connectivity index (χ1) is 13.6. The third kappa shape index (κ3) is 2.18. The second-order valence-corrected chi connectivity index (χ2v) is 6.81. The molecule has 4 heteroatoms. The summed E-state index contributed by atoms with van der Waals surface area (Å²) >= 11 is 0. The summed E-state index contributed by atoms with van der Waals surface area (Å²) < 4.78 is 0. The Kier molecular flexibility index (Phi) is 3.36. The first-order valence-corrected chi connectivity index (χ1v) is 8.83. The molecule has 0 saturated carbocycles. The number of rotatable bonds is 2. The molecule has 0 aliphatic heterocycles. The van der Waals surface area contributed by atoms with Crippen LogP contribution >= 0.6 is 0 Å². The Labute approximate surface area is 159 Å². The molecule has 0 aromatic heterocycles. The van der Waals surface area contributed by atoms with Gasteiger partial charge < -0.3 is 10.2 Å². The number of benzene rings is 5. The highest BCUT2D eigenvalue weighted by atomic mass is 16.4. The molecule has 4 nitrogen and oxygen atoms in total. The van der Waals surface area contributed by atoms with Crippen LogP contribution in [0.1, 0.15) is 20.7 Å². The molecular weight excluding hydrogens is 352 g/mol. The van der Waals surface area contributed by atoms with Crippen LogP contribution in [0.3, 0.4) is 0 Å². The van der Waals surface area contributed by atoms with Crippen molar-refractivity contribution in [3.8, 4) is 0 Å². The van der Waals surface area contributed by atoms with Crippen molar-refractivity contribution < 1.29 is 19.8 Å². The predicted octanol–water partition coefficient (Wildman–Crippen LogP) is 5.70. The fourth-order valence-electron chi connectivity index (χ4n) is 4.15. The summed E-state index contributed by atoms with van der Waals surface area (Å²) in [6, 6.07) is 22.0. The van der Waals surface area contributed by atoms with Crippen molar-refractivity contribution >= 4 is 55.0 Å². The molecule has 2 N–H and O–H groups in total. The second-order valence-electron chi connectivity index (χ2n) is 6.81. The van der Waals surface area contributed by atoms with Crippen molar-refractivity contribution in [2.75, 3.05) is 0 Å². The quantitative estimate of drug-likeness (QED) is 0.393. The summed E-state index contributed by atoms with van der Waals surface area (Å²) in [5.41, 5.74) is 0.517. The first-order valence-electron chi connectivity index (χ1n) is 8.83. The SMILES string of the molecule is O=C(O)c1cc2ccc3cc(C(=O)O)c4ccccc4c3c2c2ccccc12. The van der Waals surface area contributed by atoms with Gasteiger partial charge in [0.1, 0.15) is 0 Å². The zero-order valence-corrected chi connectivity index (χ0v) is 14.6. The predicted molar refractivity (Wildman–Crippen MR) is 110 cm³/mol. The van der Waals surface area contributed by atoms with E-state index < -0.39 is 11.9 Å². The van der Waals surface area contributed by atoms with Crippen molar-refractivity contribution in [3.63, 3.8) is 0 Å². The smallest absolute Gasteiger partial charge is 0.336 e. The lowest BCUT2D eigenvalue weighted by atomic mass is 9.89. The summed E-state index contributed by atoms with van der Waals surface area (Å²) in [6.07, 6.45) is 0. The highest BCUT2D eigenvalue weighted by molar-refractivity contribution is 6.31. The third-order valence-corrected chi connectivity index (χ3v) is 5.30. The molecule has 0 spiro atoms. The van der Waals surface area contributed by atoms with E-state index in [-0.39, 0.29) is 11.1 Å². The molecule has 5 aromatic rings. The van der Waals surface area contributed by atoms with E-state index in [0.29, 0.717) is 10.8 Å². The van der Waals surface area contributed by atoms with Gasteiger partial charge in [0.15, 0.2) is 0 Å². The Balaban J connectivity index is 2.12. The molecule has 0 unspecified atom stereocenters. The van der Waals surface area contributed by atoms with E-state index in [4.69, 9.17) is 0 Å². The molecule has 0 amide bonds. The molecule has 0 saturated heterocycles. The Hall–Kier alpha value is -3.92. The van der Waals surface area contributed by atoms with E-state index in [9.17, 15) is 19.8 Å². The minimum absolute atomic E-state index is 0.258. The van der Waals surface area contributed by atoms with Gasteiger partial charge in [-0.25, -0.2) is 9.59 Å². The molecule has 0 atom stereocenters. The van der Waals surface area contributed by atoms with E-state index >= 15 is 0 Å². The van der Waals surface area contributed by atoms with Gasteiger partial charge in [-0.3, -0.25) is 0 Å². The van der Waals surface area contributed by atoms with Crippen LogP contribution in [0.4, 0.5) is 0 Å². The topological polar surface area (TPSA) is 74.6 Å². The van der Waals surface area contributed by atoms with Crippen molar-refractivity contribution in [3.05, 3.63) is 83.9 Å². The average molecular weight is 366 g/mol. The summed E-state index contributed by atoms with van der Waals surface area (Å²) in [7, 11) is 0.